The zero-order valence-corrected chi connectivity index (χ0v) is 19.8. The molecule has 3 saturated carbocycles. The van der Waals surface area contributed by atoms with Gasteiger partial charge in [0.1, 0.15) is 6.54 Å². The number of aliphatic carboxylic acids is 1. The van der Waals surface area contributed by atoms with Crippen LogP contribution < -0.4 is 5.32 Å². The van der Waals surface area contributed by atoms with E-state index in [0.29, 0.717) is 36.5 Å². The second kappa shape index (κ2) is 8.75. The van der Waals surface area contributed by atoms with Gasteiger partial charge in [-0.15, -0.1) is 0 Å². The summed E-state index contributed by atoms with van der Waals surface area (Å²) in [7, 11) is 0. The van der Waals surface area contributed by atoms with Gasteiger partial charge in [-0.1, -0.05) is 32.4 Å². The maximum absolute atomic E-state index is 12.0. The Morgan fingerprint density at radius 2 is 1.88 bits per heavy atom. The Morgan fingerprint density at radius 3 is 2.59 bits per heavy atom. The fourth-order valence-corrected chi connectivity index (χ4v) is 8.43. The molecule has 0 bridgehead atoms. The maximum Gasteiger partial charge on any atom is 0.322 e. The van der Waals surface area contributed by atoms with Crippen molar-refractivity contribution in [1.82, 2.24) is 5.32 Å². The molecule has 0 aliphatic heterocycles. The average molecular weight is 448 g/mol. The van der Waals surface area contributed by atoms with Crippen molar-refractivity contribution < 1.29 is 24.9 Å². The molecular formula is C26H41NO5. The van der Waals surface area contributed by atoms with Crippen molar-refractivity contribution in [3.05, 3.63) is 11.6 Å². The number of hydrogen-bond donors (Lipinski definition) is 4. The number of fused-ring (bicyclic) bond motifs is 5. The topological polar surface area (TPSA) is 107 Å². The van der Waals surface area contributed by atoms with Gasteiger partial charge in [0.05, 0.1) is 12.2 Å². The Hall–Kier alpha value is -1.40. The average Bonchev–Trinajstić information content (AvgIpc) is 3.09. The largest absolute Gasteiger partial charge is 0.480 e. The van der Waals surface area contributed by atoms with E-state index in [2.05, 4.69) is 32.2 Å². The van der Waals surface area contributed by atoms with Crippen LogP contribution in [0.25, 0.3) is 0 Å². The van der Waals surface area contributed by atoms with E-state index >= 15 is 0 Å². The van der Waals surface area contributed by atoms with Gasteiger partial charge in [-0.2, -0.15) is 0 Å². The number of aliphatic hydroxyl groups excluding tert-OH is 2. The molecule has 4 N–H and O–H groups in total. The summed E-state index contributed by atoms with van der Waals surface area (Å²) in [4.78, 5) is 22.7. The van der Waals surface area contributed by atoms with Gasteiger partial charge in [0.15, 0.2) is 0 Å². The molecule has 0 aromatic carbocycles. The monoisotopic (exact) mass is 447 g/mol. The Kier molecular flexibility index (Phi) is 6.49. The van der Waals surface area contributed by atoms with E-state index < -0.39 is 12.1 Å². The third kappa shape index (κ3) is 4.02. The summed E-state index contributed by atoms with van der Waals surface area (Å²) in [5.74, 6) is 0.983. The van der Waals surface area contributed by atoms with E-state index in [1.807, 2.05) is 0 Å². The lowest BCUT2D eigenvalue weighted by Gasteiger charge is -2.59. The van der Waals surface area contributed by atoms with Crippen LogP contribution in [0.2, 0.25) is 0 Å². The van der Waals surface area contributed by atoms with Crippen molar-refractivity contribution in [3.63, 3.8) is 0 Å². The first-order valence-electron chi connectivity index (χ1n) is 12.6. The highest BCUT2D eigenvalue weighted by molar-refractivity contribution is 5.81. The van der Waals surface area contributed by atoms with Crippen molar-refractivity contribution in [1.29, 1.82) is 0 Å². The molecule has 9 atom stereocenters. The highest BCUT2D eigenvalue weighted by Crippen LogP contribution is 2.67. The standard InChI is InChI=1S/C26H41NO5/c1-15(4-7-22(30)27-14-23(31)32)18-5-6-19-24-20(9-11-26(18,19)3)25(2)10-8-17(28)12-16(25)13-21(24)29/h13,15,17-21,24,28-29H,4-12,14H2,1-3H3,(H,27,30)(H,31,32)/t15-,17+,18-,19+,20+,21-,24+,25+,26-/m1/s1. The van der Waals surface area contributed by atoms with Gasteiger partial charge in [-0.3, -0.25) is 9.59 Å². The van der Waals surface area contributed by atoms with Crippen LogP contribution in [0, 0.1) is 40.4 Å². The van der Waals surface area contributed by atoms with E-state index in [9.17, 15) is 19.8 Å². The Morgan fingerprint density at radius 1 is 1.12 bits per heavy atom. The minimum absolute atomic E-state index is 0.108. The van der Waals surface area contributed by atoms with Crippen molar-refractivity contribution in [3.8, 4) is 0 Å². The van der Waals surface area contributed by atoms with Crippen LogP contribution in [-0.2, 0) is 9.59 Å². The van der Waals surface area contributed by atoms with Crippen LogP contribution in [0.4, 0.5) is 0 Å². The van der Waals surface area contributed by atoms with Crippen molar-refractivity contribution in [2.45, 2.75) is 90.8 Å². The van der Waals surface area contributed by atoms with Crippen LogP contribution in [-0.4, -0.2) is 45.9 Å². The lowest BCUT2D eigenvalue weighted by molar-refractivity contribution is -0.138. The smallest absolute Gasteiger partial charge is 0.322 e. The maximum atomic E-state index is 12.0. The van der Waals surface area contributed by atoms with Gasteiger partial charge in [0, 0.05) is 6.42 Å². The third-order valence-corrected chi connectivity index (χ3v) is 10.1. The molecule has 0 spiro atoms. The molecule has 0 aromatic rings. The van der Waals surface area contributed by atoms with Gasteiger partial charge in [-0.05, 0) is 91.8 Å². The fourth-order valence-electron chi connectivity index (χ4n) is 8.43. The first kappa shape index (κ1) is 23.7. The molecule has 180 valence electrons. The van der Waals surface area contributed by atoms with Gasteiger partial charge >= 0.3 is 5.97 Å². The quantitative estimate of drug-likeness (QED) is 0.466. The third-order valence-electron chi connectivity index (χ3n) is 10.1. The normalized spacial score (nSPS) is 44.0. The Bertz CT molecular complexity index is 780. The molecule has 1 amide bonds. The SMILES string of the molecule is C[C@H](CCC(=O)NCC(=O)O)[C@H]1CC[C@H]2[C@@H]3[C@H](O)C=C4C[C@@H](O)CC[C@]4(C)[C@H]3CC[C@]12C. The summed E-state index contributed by atoms with van der Waals surface area (Å²) < 4.78 is 0. The summed E-state index contributed by atoms with van der Waals surface area (Å²) in [6.45, 7) is 6.73. The molecule has 0 aromatic heterocycles. The number of rotatable bonds is 6. The zero-order chi connectivity index (χ0) is 23.3. The summed E-state index contributed by atoms with van der Waals surface area (Å²) in [5, 5.41) is 32.7. The van der Waals surface area contributed by atoms with Crippen LogP contribution in [0.15, 0.2) is 11.6 Å². The number of carbonyl (C=O) groups is 2. The molecule has 3 fully saturated rings. The van der Waals surface area contributed by atoms with Crippen LogP contribution >= 0.6 is 0 Å². The molecule has 4 aliphatic carbocycles. The number of carbonyl (C=O) groups excluding carboxylic acids is 1. The van der Waals surface area contributed by atoms with Crippen molar-refractivity contribution in [2.24, 2.45) is 40.4 Å². The van der Waals surface area contributed by atoms with Crippen molar-refractivity contribution >= 4 is 11.9 Å². The number of nitrogens with one attached hydrogen (secondary N) is 1. The van der Waals surface area contributed by atoms with Crippen LogP contribution in [0.5, 0.6) is 0 Å². The zero-order valence-electron chi connectivity index (χ0n) is 19.8. The predicted molar refractivity (Wildman–Crippen MR) is 122 cm³/mol. The molecule has 4 rings (SSSR count). The predicted octanol–water partition coefficient (Wildman–Crippen LogP) is 3.51. The highest BCUT2D eigenvalue weighted by atomic mass is 16.4. The molecular weight excluding hydrogens is 406 g/mol. The van der Waals surface area contributed by atoms with Gasteiger partial charge in [-0.25, -0.2) is 0 Å². The van der Waals surface area contributed by atoms with Gasteiger partial charge in [0.25, 0.3) is 0 Å². The molecule has 0 saturated heterocycles. The Labute approximate surface area is 191 Å². The van der Waals surface area contributed by atoms with Gasteiger partial charge in [0.2, 0.25) is 5.91 Å². The van der Waals surface area contributed by atoms with Gasteiger partial charge < -0.3 is 20.6 Å². The van der Waals surface area contributed by atoms with E-state index in [4.69, 9.17) is 5.11 Å². The van der Waals surface area contributed by atoms with E-state index in [-0.39, 0.29) is 35.3 Å². The number of hydrogen-bond acceptors (Lipinski definition) is 4. The van der Waals surface area contributed by atoms with Crippen LogP contribution in [0.1, 0.15) is 78.6 Å². The van der Waals surface area contributed by atoms with Crippen LogP contribution in [0.3, 0.4) is 0 Å². The second-order valence-corrected chi connectivity index (χ2v) is 11.7. The summed E-state index contributed by atoms with van der Waals surface area (Å²) in [6.07, 6.45) is 9.70. The summed E-state index contributed by atoms with van der Waals surface area (Å²) in [5.41, 5.74) is 1.56. The fraction of sp³-hybridized carbons (Fsp3) is 0.846. The number of aliphatic hydroxyl groups is 2. The van der Waals surface area contributed by atoms with E-state index in [0.717, 1.165) is 44.9 Å². The molecule has 0 heterocycles. The number of carboxylic acid groups (broad SMARTS) is 1. The molecule has 6 nitrogen and oxygen atoms in total. The minimum Gasteiger partial charge on any atom is -0.480 e. The lowest BCUT2D eigenvalue weighted by Crippen LogP contribution is -2.55. The van der Waals surface area contributed by atoms with E-state index in [1.54, 1.807) is 0 Å². The highest BCUT2D eigenvalue weighted by Gasteiger charge is 2.61. The Balaban J connectivity index is 1.46. The molecule has 6 heteroatoms. The molecule has 32 heavy (non-hydrogen) atoms. The first-order valence-corrected chi connectivity index (χ1v) is 12.6. The lowest BCUT2D eigenvalue weighted by atomic mass is 9.46. The first-order chi connectivity index (χ1) is 15.1. The molecule has 0 radical (unpaired) electrons. The second-order valence-electron chi connectivity index (χ2n) is 11.7. The molecule has 4 aliphatic rings. The number of amides is 1. The number of carboxylic acids is 1. The van der Waals surface area contributed by atoms with Crippen molar-refractivity contribution in [2.75, 3.05) is 6.54 Å². The summed E-state index contributed by atoms with van der Waals surface area (Å²) >= 11 is 0. The summed E-state index contributed by atoms with van der Waals surface area (Å²) in [6, 6.07) is 0. The molecule has 0 unspecified atom stereocenters. The van der Waals surface area contributed by atoms with E-state index in [1.165, 1.54) is 5.57 Å². The minimum atomic E-state index is -1.02.